The van der Waals surface area contributed by atoms with Crippen LogP contribution >= 0.6 is 11.6 Å². The minimum atomic E-state index is -0.461. The Balaban J connectivity index is 1.83. The van der Waals surface area contributed by atoms with Crippen LogP contribution in [-0.4, -0.2) is 49.7 Å². The fourth-order valence-corrected chi connectivity index (χ4v) is 2.61. The normalized spacial score (nSPS) is 17.6. The third-order valence-electron chi connectivity index (χ3n) is 3.61. The number of ether oxygens (including phenoxy) is 1. The van der Waals surface area contributed by atoms with E-state index in [1.54, 1.807) is 12.1 Å². The summed E-state index contributed by atoms with van der Waals surface area (Å²) in [5.74, 6) is -0.461. The highest BCUT2D eigenvalue weighted by Crippen LogP contribution is 2.17. The van der Waals surface area contributed by atoms with E-state index in [1.165, 1.54) is 0 Å². The second-order valence-corrected chi connectivity index (χ2v) is 5.77. The number of halogens is 1. The van der Waals surface area contributed by atoms with Gasteiger partial charge in [0.25, 0.3) is 0 Å². The van der Waals surface area contributed by atoms with Crippen LogP contribution in [0.15, 0.2) is 18.2 Å². The van der Waals surface area contributed by atoms with E-state index in [4.69, 9.17) is 22.1 Å². The molecule has 1 aromatic carbocycles. The second kappa shape index (κ2) is 7.75. The molecule has 1 unspecified atom stereocenters. The minimum Gasteiger partial charge on any atom is -0.379 e. The van der Waals surface area contributed by atoms with E-state index in [0.29, 0.717) is 23.2 Å². The third-order valence-corrected chi connectivity index (χ3v) is 3.97. The molecule has 1 amide bonds. The highest BCUT2D eigenvalue weighted by Gasteiger charge is 2.14. The Morgan fingerprint density at radius 1 is 1.48 bits per heavy atom. The van der Waals surface area contributed by atoms with Crippen molar-refractivity contribution in [2.45, 2.75) is 19.5 Å². The Bertz CT molecular complexity index is 490. The molecule has 1 aliphatic rings. The number of carbonyl (C=O) groups is 1. The van der Waals surface area contributed by atoms with E-state index in [9.17, 15) is 4.79 Å². The van der Waals surface area contributed by atoms with E-state index in [2.05, 4.69) is 17.1 Å². The Hall–Kier alpha value is -1.14. The van der Waals surface area contributed by atoms with Crippen LogP contribution in [0.1, 0.15) is 22.8 Å². The monoisotopic (exact) mass is 311 g/mol. The molecule has 0 radical (unpaired) electrons. The average Bonchev–Trinajstić information content (AvgIpc) is 2.47. The zero-order valence-corrected chi connectivity index (χ0v) is 13.0. The molecule has 1 fully saturated rings. The number of hydrogen-bond acceptors (Lipinski definition) is 4. The van der Waals surface area contributed by atoms with Gasteiger partial charge in [0.1, 0.15) is 0 Å². The van der Waals surface area contributed by atoms with Crippen LogP contribution in [0.4, 0.5) is 0 Å². The van der Waals surface area contributed by atoms with E-state index in [-0.39, 0.29) is 0 Å². The van der Waals surface area contributed by atoms with Crippen molar-refractivity contribution in [3.8, 4) is 0 Å². The van der Waals surface area contributed by atoms with Crippen LogP contribution in [-0.2, 0) is 11.3 Å². The number of amides is 1. The SMILES string of the molecule is CC(CN1CCOCC1)NCc1ccc(C(N)=O)cc1Cl. The van der Waals surface area contributed by atoms with Crippen molar-refractivity contribution in [3.05, 3.63) is 34.3 Å². The van der Waals surface area contributed by atoms with Crippen molar-refractivity contribution < 1.29 is 9.53 Å². The lowest BCUT2D eigenvalue weighted by atomic mass is 10.1. The summed E-state index contributed by atoms with van der Waals surface area (Å²) in [5, 5.41) is 4.02. The third kappa shape index (κ3) is 4.97. The molecular weight excluding hydrogens is 290 g/mol. The van der Waals surface area contributed by atoms with Crippen molar-refractivity contribution in [3.63, 3.8) is 0 Å². The summed E-state index contributed by atoms with van der Waals surface area (Å²) in [6.07, 6.45) is 0. The molecule has 3 N–H and O–H groups in total. The topological polar surface area (TPSA) is 67.6 Å². The van der Waals surface area contributed by atoms with Crippen LogP contribution in [0.2, 0.25) is 5.02 Å². The largest absolute Gasteiger partial charge is 0.379 e. The van der Waals surface area contributed by atoms with Gasteiger partial charge in [-0.2, -0.15) is 0 Å². The number of nitrogens with two attached hydrogens (primary N) is 1. The number of hydrogen-bond donors (Lipinski definition) is 2. The van der Waals surface area contributed by atoms with Gasteiger partial charge in [0.2, 0.25) is 5.91 Å². The van der Waals surface area contributed by atoms with Gasteiger partial charge in [0, 0.05) is 42.8 Å². The van der Waals surface area contributed by atoms with Crippen molar-refractivity contribution in [1.82, 2.24) is 10.2 Å². The number of morpholine rings is 1. The van der Waals surface area contributed by atoms with E-state index >= 15 is 0 Å². The standard InChI is InChI=1S/C15H22ClN3O2/c1-11(10-19-4-6-21-7-5-19)18-9-13-3-2-12(15(17)20)8-14(13)16/h2-3,8,11,18H,4-7,9-10H2,1H3,(H2,17,20). The summed E-state index contributed by atoms with van der Waals surface area (Å²) >= 11 is 6.17. The maximum absolute atomic E-state index is 11.1. The number of carbonyl (C=O) groups excluding carboxylic acids is 1. The number of benzene rings is 1. The van der Waals surface area contributed by atoms with E-state index in [1.807, 2.05) is 6.07 Å². The van der Waals surface area contributed by atoms with Crippen LogP contribution in [0.25, 0.3) is 0 Å². The van der Waals surface area contributed by atoms with Gasteiger partial charge in [-0.05, 0) is 24.6 Å². The summed E-state index contributed by atoms with van der Waals surface area (Å²) < 4.78 is 5.34. The molecule has 2 rings (SSSR count). The maximum Gasteiger partial charge on any atom is 0.248 e. The molecule has 0 saturated carbocycles. The van der Waals surface area contributed by atoms with Gasteiger partial charge in [-0.25, -0.2) is 0 Å². The predicted molar refractivity (Wildman–Crippen MR) is 83.5 cm³/mol. The van der Waals surface area contributed by atoms with Crippen LogP contribution in [0.5, 0.6) is 0 Å². The summed E-state index contributed by atoms with van der Waals surface area (Å²) in [5.41, 5.74) is 6.63. The van der Waals surface area contributed by atoms with E-state index < -0.39 is 5.91 Å². The molecule has 0 spiro atoms. The van der Waals surface area contributed by atoms with Gasteiger partial charge in [-0.15, -0.1) is 0 Å². The molecule has 6 heteroatoms. The van der Waals surface area contributed by atoms with E-state index in [0.717, 1.165) is 38.4 Å². The van der Waals surface area contributed by atoms with Gasteiger partial charge in [-0.1, -0.05) is 17.7 Å². The summed E-state index contributed by atoms with van der Waals surface area (Å²) in [4.78, 5) is 13.5. The first-order chi connectivity index (χ1) is 10.1. The molecule has 0 bridgehead atoms. The number of nitrogens with one attached hydrogen (secondary N) is 1. The van der Waals surface area contributed by atoms with Crippen molar-refractivity contribution in [2.24, 2.45) is 5.73 Å². The minimum absolute atomic E-state index is 0.356. The van der Waals surface area contributed by atoms with Gasteiger partial charge < -0.3 is 15.8 Å². The van der Waals surface area contributed by atoms with Crippen LogP contribution < -0.4 is 11.1 Å². The molecule has 1 aromatic rings. The molecule has 1 saturated heterocycles. The quantitative estimate of drug-likeness (QED) is 0.830. The Kier molecular flexibility index (Phi) is 5.99. The first-order valence-electron chi connectivity index (χ1n) is 7.18. The smallest absolute Gasteiger partial charge is 0.248 e. The summed E-state index contributed by atoms with van der Waals surface area (Å²) in [6.45, 7) is 7.41. The molecule has 0 aromatic heterocycles. The lowest BCUT2D eigenvalue weighted by Crippen LogP contribution is -2.44. The number of primary amides is 1. The lowest BCUT2D eigenvalue weighted by Gasteiger charge is -2.29. The highest BCUT2D eigenvalue weighted by atomic mass is 35.5. The molecule has 116 valence electrons. The van der Waals surface area contributed by atoms with Crippen LogP contribution in [0.3, 0.4) is 0 Å². The number of rotatable bonds is 6. The number of nitrogens with zero attached hydrogens (tertiary/aromatic N) is 1. The Morgan fingerprint density at radius 2 is 2.19 bits per heavy atom. The fraction of sp³-hybridized carbons (Fsp3) is 0.533. The molecule has 1 atom stereocenters. The molecule has 0 aliphatic carbocycles. The Labute approximate surface area is 130 Å². The van der Waals surface area contributed by atoms with Crippen molar-refractivity contribution in [1.29, 1.82) is 0 Å². The van der Waals surface area contributed by atoms with Gasteiger partial charge in [-0.3, -0.25) is 9.69 Å². The predicted octanol–water partition coefficient (Wildman–Crippen LogP) is 1.25. The first-order valence-corrected chi connectivity index (χ1v) is 7.56. The van der Waals surface area contributed by atoms with Crippen LogP contribution in [0, 0.1) is 0 Å². The van der Waals surface area contributed by atoms with Crippen molar-refractivity contribution in [2.75, 3.05) is 32.8 Å². The first kappa shape index (κ1) is 16.2. The van der Waals surface area contributed by atoms with Gasteiger partial charge in [0.05, 0.1) is 13.2 Å². The lowest BCUT2D eigenvalue weighted by molar-refractivity contribution is 0.0343. The zero-order chi connectivity index (χ0) is 15.2. The molecule has 21 heavy (non-hydrogen) atoms. The van der Waals surface area contributed by atoms with Gasteiger partial charge >= 0.3 is 0 Å². The molecular formula is C15H22ClN3O2. The second-order valence-electron chi connectivity index (χ2n) is 5.37. The average molecular weight is 312 g/mol. The molecule has 1 aliphatic heterocycles. The zero-order valence-electron chi connectivity index (χ0n) is 12.3. The molecule has 1 heterocycles. The maximum atomic E-state index is 11.1. The summed E-state index contributed by atoms with van der Waals surface area (Å²) in [7, 11) is 0. The van der Waals surface area contributed by atoms with Crippen molar-refractivity contribution >= 4 is 17.5 Å². The molecule has 5 nitrogen and oxygen atoms in total. The van der Waals surface area contributed by atoms with Gasteiger partial charge in [0.15, 0.2) is 0 Å². The Morgan fingerprint density at radius 3 is 2.81 bits per heavy atom. The highest BCUT2D eigenvalue weighted by molar-refractivity contribution is 6.31. The fourth-order valence-electron chi connectivity index (χ4n) is 2.36. The summed E-state index contributed by atoms with van der Waals surface area (Å²) in [6, 6.07) is 5.53.